The minimum Gasteiger partial charge on any atom is -0.490 e. The minimum atomic E-state index is -0.789. The van der Waals surface area contributed by atoms with Gasteiger partial charge in [-0.3, -0.25) is 0 Å². The Balaban J connectivity index is 1.85. The molecule has 0 radical (unpaired) electrons. The molecule has 2 rings (SSSR count). The van der Waals surface area contributed by atoms with Gasteiger partial charge in [0.25, 0.3) is 0 Å². The van der Waals surface area contributed by atoms with Gasteiger partial charge in [-0.2, -0.15) is 0 Å². The van der Waals surface area contributed by atoms with Crippen molar-refractivity contribution in [1.29, 1.82) is 0 Å². The van der Waals surface area contributed by atoms with E-state index in [0.717, 1.165) is 5.56 Å². The van der Waals surface area contributed by atoms with E-state index in [2.05, 4.69) is 6.58 Å². The van der Waals surface area contributed by atoms with E-state index in [0.29, 0.717) is 17.9 Å². The molecule has 0 spiro atoms. The van der Waals surface area contributed by atoms with E-state index in [1.54, 1.807) is 31.2 Å². The first-order chi connectivity index (χ1) is 12.6. The molecule has 2 aromatic carbocycles. The monoisotopic (exact) mass is 356 g/mol. The first-order valence-corrected chi connectivity index (χ1v) is 8.49. The Labute approximate surface area is 153 Å². The van der Waals surface area contributed by atoms with Crippen molar-refractivity contribution in [2.45, 2.75) is 19.6 Å². The maximum absolute atomic E-state index is 11.9. The fourth-order valence-corrected chi connectivity index (χ4v) is 2.29. The molecule has 5 nitrogen and oxygen atoms in total. The normalized spacial score (nSPS) is 11.6. The molecule has 0 aliphatic rings. The van der Waals surface area contributed by atoms with E-state index in [1.807, 2.05) is 30.3 Å². The molecule has 0 heterocycles. The summed E-state index contributed by atoms with van der Waals surface area (Å²) in [4.78, 5) is 11.9. The number of para-hydroxylation sites is 1. The molecule has 0 saturated heterocycles. The van der Waals surface area contributed by atoms with Gasteiger partial charge in [-0.15, -0.1) is 0 Å². The van der Waals surface area contributed by atoms with E-state index in [9.17, 15) is 9.90 Å². The second-order valence-electron chi connectivity index (χ2n) is 5.66. The molecule has 1 unspecified atom stereocenters. The van der Waals surface area contributed by atoms with Crippen LogP contribution in [0.5, 0.6) is 5.75 Å². The van der Waals surface area contributed by atoms with Crippen LogP contribution in [0.1, 0.15) is 18.1 Å². The van der Waals surface area contributed by atoms with Crippen LogP contribution in [-0.2, 0) is 20.9 Å². The molecular weight excluding hydrogens is 332 g/mol. The molecule has 5 heteroatoms. The third-order valence-electron chi connectivity index (χ3n) is 3.59. The minimum absolute atomic E-state index is 0.0436. The van der Waals surface area contributed by atoms with Crippen LogP contribution in [0.2, 0.25) is 0 Å². The third kappa shape index (κ3) is 6.02. The zero-order chi connectivity index (χ0) is 18.8. The Morgan fingerprint density at radius 2 is 1.77 bits per heavy atom. The zero-order valence-electron chi connectivity index (χ0n) is 14.9. The van der Waals surface area contributed by atoms with Gasteiger partial charge >= 0.3 is 5.97 Å². The highest BCUT2D eigenvalue weighted by Crippen LogP contribution is 2.26. The summed E-state index contributed by atoms with van der Waals surface area (Å²) in [5, 5.41) is 10.0. The van der Waals surface area contributed by atoms with Crippen molar-refractivity contribution in [1.82, 2.24) is 0 Å². The summed E-state index contributed by atoms with van der Waals surface area (Å²) in [6.45, 7) is 6.40. The van der Waals surface area contributed by atoms with Crippen LogP contribution in [0.15, 0.2) is 61.2 Å². The maximum Gasteiger partial charge on any atom is 0.338 e. The van der Waals surface area contributed by atoms with Gasteiger partial charge in [0.2, 0.25) is 0 Å². The van der Waals surface area contributed by atoms with Gasteiger partial charge in [0, 0.05) is 5.56 Å². The van der Waals surface area contributed by atoms with Crippen molar-refractivity contribution >= 4 is 11.5 Å². The highest BCUT2D eigenvalue weighted by atomic mass is 16.5. The van der Waals surface area contributed by atoms with Gasteiger partial charge in [0.05, 0.1) is 25.4 Å². The van der Waals surface area contributed by atoms with Gasteiger partial charge in [-0.05, 0) is 18.6 Å². The predicted octanol–water partition coefficient (Wildman–Crippen LogP) is 3.22. The van der Waals surface area contributed by atoms with E-state index >= 15 is 0 Å². The smallest absolute Gasteiger partial charge is 0.338 e. The van der Waals surface area contributed by atoms with Crippen LogP contribution in [0.4, 0.5) is 0 Å². The highest BCUT2D eigenvalue weighted by molar-refractivity contribution is 6.16. The Morgan fingerprint density at radius 1 is 1.08 bits per heavy atom. The van der Waals surface area contributed by atoms with E-state index < -0.39 is 12.1 Å². The van der Waals surface area contributed by atoms with E-state index in [1.165, 1.54) is 0 Å². The van der Waals surface area contributed by atoms with Crippen LogP contribution in [0, 0.1) is 0 Å². The predicted molar refractivity (Wildman–Crippen MR) is 99.7 cm³/mol. The highest BCUT2D eigenvalue weighted by Gasteiger charge is 2.16. The molecule has 26 heavy (non-hydrogen) atoms. The third-order valence-corrected chi connectivity index (χ3v) is 3.59. The number of rotatable bonds is 10. The fourth-order valence-electron chi connectivity index (χ4n) is 2.29. The number of aliphatic hydroxyl groups excluding tert-OH is 1. The van der Waals surface area contributed by atoms with Crippen molar-refractivity contribution in [3.05, 3.63) is 72.3 Å². The molecule has 0 aliphatic heterocycles. The van der Waals surface area contributed by atoms with E-state index in [4.69, 9.17) is 14.2 Å². The second-order valence-corrected chi connectivity index (χ2v) is 5.66. The van der Waals surface area contributed by atoms with Crippen LogP contribution >= 0.6 is 0 Å². The molecule has 0 aromatic heterocycles. The summed E-state index contributed by atoms with van der Waals surface area (Å²) in [6, 6.07) is 16.7. The average molecular weight is 356 g/mol. The topological polar surface area (TPSA) is 65.0 Å². The fraction of sp³-hybridized carbons (Fsp3) is 0.286. The summed E-state index contributed by atoms with van der Waals surface area (Å²) < 4.78 is 16.1. The van der Waals surface area contributed by atoms with Gasteiger partial charge < -0.3 is 19.3 Å². The Kier molecular flexibility index (Phi) is 7.86. The lowest BCUT2D eigenvalue weighted by Gasteiger charge is -2.16. The molecular formula is C21H24O5. The Bertz CT molecular complexity index is 711. The van der Waals surface area contributed by atoms with Crippen molar-refractivity contribution < 1.29 is 24.1 Å². The number of ether oxygens (including phenoxy) is 3. The van der Waals surface area contributed by atoms with Gasteiger partial charge in [-0.1, -0.05) is 55.1 Å². The summed E-state index contributed by atoms with van der Waals surface area (Å²) in [5.74, 6) is -0.0250. The largest absolute Gasteiger partial charge is 0.490 e. The van der Waals surface area contributed by atoms with Gasteiger partial charge in [0.1, 0.15) is 18.5 Å². The lowest BCUT2D eigenvalue weighted by Crippen LogP contribution is -2.23. The van der Waals surface area contributed by atoms with E-state index in [-0.39, 0.29) is 25.4 Å². The Hall–Kier alpha value is -2.63. The van der Waals surface area contributed by atoms with Crippen molar-refractivity contribution in [2.75, 3.05) is 19.8 Å². The average Bonchev–Trinajstić information content (AvgIpc) is 2.67. The van der Waals surface area contributed by atoms with Crippen LogP contribution in [0.3, 0.4) is 0 Å². The number of carbonyl (C=O) groups excluding carboxylic acids is 1. The number of benzene rings is 2. The van der Waals surface area contributed by atoms with Crippen LogP contribution in [0.25, 0.3) is 5.57 Å². The maximum atomic E-state index is 11.9. The first kappa shape index (κ1) is 19.7. The molecule has 0 saturated carbocycles. The standard InChI is InChI=1S/C21H24O5/c1-3-25-21(23)16(2)19-11-7-8-12-20(19)26-15-18(22)14-24-13-17-9-5-4-6-10-17/h4-12,18,22H,2-3,13-15H2,1H3. The quantitative estimate of drug-likeness (QED) is 0.523. The molecule has 2 aromatic rings. The number of esters is 1. The van der Waals surface area contributed by atoms with Crippen LogP contribution < -0.4 is 4.74 Å². The summed E-state index contributed by atoms with van der Waals surface area (Å²) >= 11 is 0. The van der Waals surface area contributed by atoms with Crippen LogP contribution in [-0.4, -0.2) is 37.0 Å². The summed E-state index contributed by atoms with van der Waals surface area (Å²) in [7, 11) is 0. The molecule has 0 bridgehead atoms. The summed E-state index contributed by atoms with van der Waals surface area (Å²) in [6.07, 6.45) is -0.789. The molecule has 1 atom stereocenters. The molecule has 1 N–H and O–H groups in total. The molecule has 138 valence electrons. The first-order valence-electron chi connectivity index (χ1n) is 8.49. The lowest BCUT2D eigenvalue weighted by molar-refractivity contribution is -0.136. The SMILES string of the molecule is C=C(C(=O)OCC)c1ccccc1OCC(O)COCc1ccccc1. The Morgan fingerprint density at radius 3 is 2.50 bits per heavy atom. The number of hydrogen-bond donors (Lipinski definition) is 1. The number of carbonyl (C=O) groups is 1. The molecule has 0 amide bonds. The van der Waals surface area contributed by atoms with Crippen molar-refractivity contribution in [3.63, 3.8) is 0 Å². The second kappa shape index (κ2) is 10.4. The zero-order valence-corrected chi connectivity index (χ0v) is 14.9. The number of aliphatic hydroxyl groups is 1. The van der Waals surface area contributed by atoms with Gasteiger partial charge in [-0.25, -0.2) is 4.79 Å². The lowest BCUT2D eigenvalue weighted by atomic mass is 10.1. The summed E-state index contributed by atoms with van der Waals surface area (Å²) in [5.41, 5.74) is 1.80. The molecule has 0 aliphatic carbocycles. The van der Waals surface area contributed by atoms with Crippen molar-refractivity contribution in [2.24, 2.45) is 0 Å². The van der Waals surface area contributed by atoms with Crippen molar-refractivity contribution in [3.8, 4) is 5.75 Å². The van der Waals surface area contributed by atoms with Gasteiger partial charge in [0.15, 0.2) is 0 Å². The molecule has 0 fully saturated rings. The number of hydrogen-bond acceptors (Lipinski definition) is 5.